The van der Waals surface area contributed by atoms with E-state index in [1.54, 1.807) is 12.1 Å². The predicted octanol–water partition coefficient (Wildman–Crippen LogP) is 2.53. The van der Waals surface area contributed by atoms with Gasteiger partial charge in [0.1, 0.15) is 5.75 Å². The number of carbonyl (C=O) groups is 1. The second kappa shape index (κ2) is 6.39. The molecule has 1 aromatic carbocycles. The zero-order chi connectivity index (χ0) is 13.8. The van der Waals surface area contributed by atoms with E-state index in [1.165, 1.54) is 6.07 Å². The lowest BCUT2D eigenvalue weighted by molar-refractivity contribution is 0.0721. The molecule has 0 saturated carbocycles. The molecule has 2 N–H and O–H groups in total. The molecule has 2 rings (SSSR count). The molecule has 1 amide bonds. The van der Waals surface area contributed by atoms with Crippen LogP contribution in [0.4, 0.5) is 0 Å². The Morgan fingerprint density at radius 3 is 3.00 bits per heavy atom. The molecule has 1 aliphatic heterocycles. The maximum atomic E-state index is 12.5. The molecule has 104 valence electrons. The van der Waals surface area contributed by atoms with E-state index in [0.29, 0.717) is 12.0 Å². The van der Waals surface area contributed by atoms with Crippen LogP contribution in [0.3, 0.4) is 0 Å². The van der Waals surface area contributed by atoms with E-state index in [0.717, 1.165) is 30.3 Å². The highest BCUT2D eigenvalue weighted by atomic mass is 79.9. The average Bonchev–Trinajstić information content (AvgIpc) is 2.86. The van der Waals surface area contributed by atoms with Crippen molar-refractivity contribution in [3.05, 3.63) is 28.2 Å². The molecule has 5 heteroatoms. The number of carbonyl (C=O) groups excluding carboxylic acids is 1. The molecule has 1 fully saturated rings. The lowest BCUT2D eigenvalue weighted by Gasteiger charge is -2.25. The second-order valence-corrected chi connectivity index (χ2v) is 5.74. The number of nitrogens with zero attached hydrogens (tertiary/aromatic N) is 1. The summed E-state index contributed by atoms with van der Waals surface area (Å²) in [6.45, 7) is 0.877. The number of phenolic OH excluding ortho intramolecular Hbond substituents is 1. The Kier molecular flexibility index (Phi) is 4.82. The third kappa shape index (κ3) is 3.28. The maximum absolute atomic E-state index is 12.5. The molecular weight excluding hydrogens is 310 g/mol. The van der Waals surface area contributed by atoms with Gasteiger partial charge < -0.3 is 15.1 Å². The van der Waals surface area contributed by atoms with E-state index in [4.69, 9.17) is 5.11 Å². The van der Waals surface area contributed by atoms with Gasteiger partial charge in [0, 0.05) is 23.7 Å². The molecule has 0 aliphatic carbocycles. The van der Waals surface area contributed by atoms with E-state index >= 15 is 0 Å². The summed E-state index contributed by atoms with van der Waals surface area (Å²) in [6.07, 6.45) is 3.48. The number of halogens is 1. The largest absolute Gasteiger partial charge is 0.507 e. The fourth-order valence-electron chi connectivity index (χ4n) is 2.56. The van der Waals surface area contributed by atoms with Gasteiger partial charge in [-0.15, -0.1) is 0 Å². The Morgan fingerprint density at radius 1 is 1.47 bits per heavy atom. The molecule has 4 nitrogen and oxygen atoms in total. The summed E-state index contributed by atoms with van der Waals surface area (Å²) < 4.78 is 0.778. The molecule has 1 aliphatic rings. The fourth-order valence-corrected chi connectivity index (χ4v) is 2.93. The zero-order valence-corrected chi connectivity index (χ0v) is 12.3. The van der Waals surface area contributed by atoms with Crippen LogP contribution in [0, 0.1) is 0 Å². The van der Waals surface area contributed by atoms with Gasteiger partial charge in [0.05, 0.1) is 5.56 Å². The minimum Gasteiger partial charge on any atom is -0.507 e. The Morgan fingerprint density at radius 2 is 2.26 bits per heavy atom. The molecule has 0 aromatic heterocycles. The van der Waals surface area contributed by atoms with E-state index < -0.39 is 0 Å². The first kappa shape index (κ1) is 14.3. The molecule has 0 bridgehead atoms. The van der Waals surface area contributed by atoms with Crippen molar-refractivity contribution < 1.29 is 15.0 Å². The van der Waals surface area contributed by atoms with Crippen LogP contribution >= 0.6 is 15.9 Å². The van der Waals surface area contributed by atoms with Crippen LogP contribution in [0.15, 0.2) is 22.7 Å². The van der Waals surface area contributed by atoms with E-state index in [2.05, 4.69) is 15.9 Å². The van der Waals surface area contributed by atoms with Gasteiger partial charge in [-0.05, 0) is 43.9 Å². The molecule has 0 spiro atoms. The Labute approximate surface area is 121 Å². The van der Waals surface area contributed by atoms with Gasteiger partial charge >= 0.3 is 0 Å². The summed E-state index contributed by atoms with van der Waals surface area (Å²) in [7, 11) is 0. The number of amides is 1. The maximum Gasteiger partial charge on any atom is 0.257 e. The van der Waals surface area contributed by atoms with Crippen LogP contribution in [0.1, 0.15) is 36.0 Å². The summed E-state index contributed by atoms with van der Waals surface area (Å²) >= 11 is 3.32. The normalized spacial score (nSPS) is 18.8. The number of phenols is 1. The minimum atomic E-state index is -0.126. The first-order valence-corrected chi connectivity index (χ1v) is 7.33. The number of hydrogen-bond donors (Lipinski definition) is 2. The van der Waals surface area contributed by atoms with Crippen molar-refractivity contribution in [1.82, 2.24) is 4.90 Å². The highest BCUT2D eigenvalue weighted by molar-refractivity contribution is 9.10. The second-order valence-electron chi connectivity index (χ2n) is 4.82. The first-order valence-electron chi connectivity index (χ1n) is 6.54. The van der Waals surface area contributed by atoms with Gasteiger partial charge in [-0.1, -0.05) is 15.9 Å². The van der Waals surface area contributed by atoms with Gasteiger partial charge in [-0.2, -0.15) is 0 Å². The van der Waals surface area contributed by atoms with E-state index in [1.807, 2.05) is 4.90 Å². The smallest absolute Gasteiger partial charge is 0.257 e. The van der Waals surface area contributed by atoms with Crippen LogP contribution in [0.2, 0.25) is 0 Å². The van der Waals surface area contributed by atoms with E-state index in [-0.39, 0.29) is 24.3 Å². The molecule has 1 unspecified atom stereocenters. The average molecular weight is 328 g/mol. The lowest BCUT2D eigenvalue weighted by Crippen LogP contribution is -2.35. The standard InChI is InChI=1S/C14H18BrNO3/c15-10-5-6-13(18)12(9-10)14(19)16-7-1-3-11(16)4-2-8-17/h5-6,9,11,17-18H,1-4,7-8H2. The quantitative estimate of drug-likeness (QED) is 0.893. The van der Waals surface area contributed by atoms with Gasteiger partial charge in [0.2, 0.25) is 0 Å². The highest BCUT2D eigenvalue weighted by Gasteiger charge is 2.30. The van der Waals surface area contributed by atoms with Crippen LogP contribution in [-0.2, 0) is 0 Å². The highest BCUT2D eigenvalue weighted by Crippen LogP contribution is 2.28. The number of likely N-dealkylation sites (tertiary alicyclic amines) is 1. The first-order chi connectivity index (χ1) is 9.13. The SMILES string of the molecule is O=C(c1cc(Br)ccc1O)N1CCCC1CCCO. The number of rotatable bonds is 4. The van der Waals surface area contributed by atoms with Crippen molar-refractivity contribution in [3.8, 4) is 5.75 Å². The topological polar surface area (TPSA) is 60.8 Å². The van der Waals surface area contributed by atoms with Crippen molar-refractivity contribution in [2.45, 2.75) is 31.7 Å². The van der Waals surface area contributed by atoms with Crippen LogP contribution in [-0.4, -0.2) is 40.2 Å². The van der Waals surface area contributed by atoms with Crippen molar-refractivity contribution in [2.24, 2.45) is 0 Å². The molecule has 1 heterocycles. The van der Waals surface area contributed by atoms with Crippen molar-refractivity contribution in [2.75, 3.05) is 13.2 Å². The van der Waals surface area contributed by atoms with Crippen molar-refractivity contribution in [1.29, 1.82) is 0 Å². The molecule has 1 atom stereocenters. The third-order valence-electron chi connectivity index (χ3n) is 3.52. The Balaban J connectivity index is 2.16. The van der Waals surface area contributed by atoms with Crippen LogP contribution in [0.5, 0.6) is 5.75 Å². The molecular formula is C14H18BrNO3. The summed E-state index contributed by atoms with van der Waals surface area (Å²) in [4.78, 5) is 14.3. The minimum absolute atomic E-state index is 0.0148. The van der Waals surface area contributed by atoms with Gasteiger partial charge in [0.25, 0.3) is 5.91 Å². The Hall–Kier alpha value is -1.07. The van der Waals surface area contributed by atoms with Crippen LogP contribution in [0.25, 0.3) is 0 Å². The van der Waals surface area contributed by atoms with E-state index in [9.17, 15) is 9.90 Å². The number of hydrogen-bond acceptors (Lipinski definition) is 3. The number of aromatic hydroxyl groups is 1. The monoisotopic (exact) mass is 327 g/mol. The number of aliphatic hydroxyl groups excluding tert-OH is 1. The number of benzene rings is 1. The van der Waals surface area contributed by atoms with Gasteiger partial charge in [-0.25, -0.2) is 0 Å². The van der Waals surface area contributed by atoms with Crippen LogP contribution < -0.4 is 0 Å². The zero-order valence-electron chi connectivity index (χ0n) is 10.7. The summed E-state index contributed by atoms with van der Waals surface area (Å²) in [5.41, 5.74) is 0.338. The number of aliphatic hydroxyl groups is 1. The van der Waals surface area contributed by atoms with Gasteiger partial charge in [0.15, 0.2) is 0 Å². The van der Waals surface area contributed by atoms with Crippen molar-refractivity contribution in [3.63, 3.8) is 0 Å². The third-order valence-corrected chi connectivity index (χ3v) is 4.02. The van der Waals surface area contributed by atoms with Crippen molar-refractivity contribution >= 4 is 21.8 Å². The molecule has 1 aromatic rings. The molecule has 0 radical (unpaired) electrons. The summed E-state index contributed by atoms with van der Waals surface area (Å²) in [5, 5.41) is 18.7. The fraction of sp³-hybridized carbons (Fsp3) is 0.500. The van der Waals surface area contributed by atoms with Gasteiger partial charge in [-0.3, -0.25) is 4.79 Å². The molecule has 19 heavy (non-hydrogen) atoms. The Bertz CT molecular complexity index is 464. The predicted molar refractivity (Wildman–Crippen MR) is 76.2 cm³/mol. The molecule has 1 saturated heterocycles. The summed E-state index contributed by atoms with van der Waals surface area (Å²) in [5.74, 6) is -0.111. The lowest BCUT2D eigenvalue weighted by atomic mass is 10.1. The summed E-state index contributed by atoms with van der Waals surface area (Å²) in [6, 6.07) is 5.06.